The Kier molecular flexibility index (Phi) is 5.36. The van der Waals surface area contributed by atoms with Crippen molar-refractivity contribution in [2.75, 3.05) is 13.7 Å². The minimum absolute atomic E-state index is 0.0604. The second kappa shape index (κ2) is 6.80. The molecule has 0 spiro atoms. The Morgan fingerprint density at radius 1 is 1.44 bits per heavy atom. The molecule has 0 aromatic carbocycles. The normalized spacial score (nSPS) is 24.1. The van der Waals surface area contributed by atoms with Crippen molar-refractivity contribution in [3.05, 3.63) is 20.8 Å². The standard InChI is InChI=1S/C13H17BrO3S/c1-16-9-3-2-4-10(7-9)17-8-11(15)12-5-6-13(14)18-12/h5-6,9-10H,2-4,7-8H2,1H3. The number of ether oxygens (including phenoxy) is 2. The molecule has 18 heavy (non-hydrogen) atoms. The average Bonchev–Trinajstić information content (AvgIpc) is 2.83. The molecular formula is C13H17BrO3S. The van der Waals surface area contributed by atoms with Gasteiger partial charge in [-0.05, 0) is 53.7 Å². The molecule has 0 saturated heterocycles. The molecule has 1 aromatic rings. The van der Waals surface area contributed by atoms with E-state index >= 15 is 0 Å². The molecule has 0 bridgehead atoms. The van der Waals surface area contributed by atoms with Crippen LogP contribution in [0.4, 0.5) is 0 Å². The number of rotatable bonds is 5. The molecule has 0 N–H and O–H groups in total. The molecule has 1 saturated carbocycles. The smallest absolute Gasteiger partial charge is 0.198 e. The second-order valence-electron chi connectivity index (χ2n) is 4.48. The van der Waals surface area contributed by atoms with Crippen LogP contribution in [0.3, 0.4) is 0 Å². The van der Waals surface area contributed by atoms with E-state index in [1.54, 1.807) is 7.11 Å². The predicted octanol–water partition coefficient (Wildman–Crippen LogP) is 3.67. The summed E-state index contributed by atoms with van der Waals surface area (Å²) in [5.41, 5.74) is 0. The van der Waals surface area contributed by atoms with Crippen LogP contribution in [0.15, 0.2) is 15.9 Å². The Morgan fingerprint density at radius 2 is 2.22 bits per heavy atom. The van der Waals surface area contributed by atoms with Crippen LogP contribution in [0.2, 0.25) is 0 Å². The van der Waals surface area contributed by atoms with E-state index in [-0.39, 0.29) is 24.6 Å². The average molecular weight is 333 g/mol. The summed E-state index contributed by atoms with van der Waals surface area (Å²) in [7, 11) is 1.74. The number of ketones is 1. The van der Waals surface area contributed by atoms with Gasteiger partial charge in [0.25, 0.3) is 0 Å². The molecule has 2 rings (SSSR count). The summed E-state index contributed by atoms with van der Waals surface area (Å²) >= 11 is 4.80. The summed E-state index contributed by atoms with van der Waals surface area (Å²) in [5.74, 6) is 0.0604. The van der Waals surface area contributed by atoms with Crippen LogP contribution in [0, 0.1) is 0 Å². The fourth-order valence-corrected chi connectivity index (χ4v) is 3.51. The van der Waals surface area contributed by atoms with E-state index < -0.39 is 0 Å². The van der Waals surface area contributed by atoms with Gasteiger partial charge in [0.1, 0.15) is 6.61 Å². The fraction of sp³-hybridized carbons (Fsp3) is 0.615. The van der Waals surface area contributed by atoms with Gasteiger partial charge in [-0.15, -0.1) is 11.3 Å². The number of Topliss-reactive ketones (excluding diaryl/α,β-unsaturated/α-hetero) is 1. The van der Waals surface area contributed by atoms with E-state index in [9.17, 15) is 4.79 Å². The summed E-state index contributed by atoms with van der Waals surface area (Å²) in [6.07, 6.45) is 4.59. The van der Waals surface area contributed by atoms with Crippen molar-refractivity contribution in [3.8, 4) is 0 Å². The quantitative estimate of drug-likeness (QED) is 0.772. The Morgan fingerprint density at radius 3 is 2.89 bits per heavy atom. The Bertz CT molecular complexity index is 405. The van der Waals surface area contributed by atoms with Crippen molar-refractivity contribution in [1.82, 2.24) is 0 Å². The molecule has 1 aliphatic carbocycles. The number of hydrogen-bond donors (Lipinski definition) is 0. The highest BCUT2D eigenvalue weighted by atomic mass is 79.9. The second-order valence-corrected chi connectivity index (χ2v) is 6.95. The van der Waals surface area contributed by atoms with Crippen LogP contribution >= 0.6 is 27.3 Å². The van der Waals surface area contributed by atoms with E-state index in [0.29, 0.717) is 0 Å². The zero-order valence-corrected chi connectivity index (χ0v) is 12.8. The van der Waals surface area contributed by atoms with Crippen molar-refractivity contribution in [3.63, 3.8) is 0 Å². The molecule has 0 radical (unpaired) electrons. The van der Waals surface area contributed by atoms with Crippen LogP contribution in [-0.4, -0.2) is 31.7 Å². The van der Waals surface area contributed by atoms with E-state index in [1.165, 1.54) is 11.3 Å². The highest BCUT2D eigenvalue weighted by Crippen LogP contribution is 2.25. The van der Waals surface area contributed by atoms with E-state index in [1.807, 2.05) is 12.1 Å². The van der Waals surface area contributed by atoms with Crippen LogP contribution in [0.5, 0.6) is 0 Å². The zero-order valence-electron chi connectivity index (χ0n) is 10.4. The summed E-state index contributed by atoms with van der Waals surface area (Å²) in [4.78, 5) is 12.6. The van der Waals surface area contributed by atoms with Crippen molar-refractivity contribution < 1.29 is 14.3 Å². The van der Waals surface area contributed by atoms with Gasteiger partial charge in [0, 0.05) is 7.11 Å². The molecule has 100 valence electrons. The van der Waals surface area contributed by atoms with Gasteiger partial charge < -0.3 is 9.47 Å². The highest BCUT2D eigenvalue weighted by Gasteiger charge is 2.23. The lowest BCUT2D eigenvalue weighted by Crippen LogP contribution is -2.29. The molecule has 3 nitrogen and oxygen atoms in total. The molecule has 0 aliphatic heterocycles. The molecule has 2 atom stereocenters. The molecule has 1 aliphatic rings. The van der Waals surface area contributed by atoms with E-state index in [4.69, 9.17) is 9.47 Å². The van der Waals surface area contributed by atoms with Crippen molar-refractivity contribution >= 4 is 33.0 Å². The minimum Gasteiger partial charge on any atom is -0.381 e. The van der Waals surface area contributed by atoms with Gasteiger partial charge in [-0.3, -0.25) is 4.79 Å². The lowest BCUT2D eigenvalue weighted by Gasteiger charge is -2.27. The summed E-state index contributed by atoms with van der Waals surface area (Å²) in [5, 5.41) is 0. The maximum Gasteiger partial charge on any atom is 0.198 e. The third-order valence-corrected chi connectivity index (χ3v) is 4.87. The van der Waals surface area contributed by atoms with Gasteiger partial charge in [-0.2, -0.15) is 0 Å². The first kappa shape index (κ1) is 14.2. The number of carbonyl (C=O) groups is 1. The third-order valence-electron chi connectivity index (χ3n) is 3.21. The molecule has 2 unspecified atom stereocenters. The SMILES string of the molecule is COC1CCCC(OCC(=O)c2ccc(Br)s2)C1. The predicted molar refractivity (Wildman–Crippen MR) is 75.4 cm³/mol. The molecule has 0 amide bonds. The third kappa shape index (κ3) is 3.88. The summed E-state index contributed by atoms with van der Waals surface area (Å²) in [6, 6.07) is 3.72. The highest BCUT2D eigenvalue weighted by molar-refractivity contribution is 9.11. The first-order valence-electron chi connectivity index (χ1n) is 6.12. The van der Waals surface area contributed by atoms with Crippen molar-refractivity contribution in [2.45, 2.75) is 37.9 Å². The first-order valence-corrected chi connectivity index (χ1v) is 7.73. The number of methoxy groups -OCH3 is 1. The monoisotopic (exact) mass is 332 g/mol. The molecular weight excluding hydrogens is 316 g/mol. The van der Waals surface area contributed by atoms with Gasteiger partial charge in [-0.1, -0.05) is 0 Å². The van der Waals surface area contributed by atoms with E-state index in [0.717, 1.165) is 34.3 Å². The number of halogens is 1. The van der Waals surface area contributed by atoms with Gasteiger partial charge in [0.05, 0.1) is 20.9 Å². The van der Waals surface area contributed by atoms with Crippen molar-refractivity contribution in [2.24, 2.45) is 0 Å². The van der Waals surface area contributed by atoms with Gasteiger partial charge in [0.2, 0.25) is 0 Å². The topological polar surface area (TPSA) is 35.5 Å². The van der Waals surface area contributed by atoms with Crippen LogP contribution in [-0.2, 0) is 9.47 Å². The number of hydrogen-bond acceptors (Lipinski definition) is 4. The van der Waals surface area contributed by atoms with Crippen LogP contribution in [0.25, 0.3) is 0 Å². The van der Waals surface area contributed by atoms with Crippen LogP contribution < -0.4 is 0 Å². The number of carbonyl (C=O) groups excluding carboxylic acids is 1. The number of thiophene rings is 1. The minimum atomic E-state index is 0.0604. The van der Waals surface area contributed by atoms with Crippen LogP contribution in [0.1, 0.15) is 35.4 Å². The van der Waals surface area contributed by atoms with Crippen molar-refractivity contribution in [1.29, 1.82) is 0 Å². The Hall–Kier alpha value is -0.230. The molecule has 1 fully saturated rings. The lowest BCUT2D eigenvalue weighted by molar-refractivity contribution is -0.0242. The maximum atomic E-state index is 11.9. The molecule has 1 aromatic heterocycles. The first-order chi connectivity index (χ1) is 8.69. The summed E-state index contributed by atoms with van der Waals surface area (Å²) in [6.45, 7) is 0.175. The van der Waals surface area contributed by atoms with Gasteiger partial charge >= 0.3 is 0 Å². The van der Waals surface area contributed by atoms with E-state index in [2.05, 4.69) is 15.9 Å². The zero-order chi connectivity index (χ0) is 13.0. The Balaban J connectivity index is 1.79. The summed E-state index contributed by atoms with van der Waals surface area (Å²) < 4.78 is 12.0. The fourth-order valence-electron chi connectivity index (χ4n) is 2.20. The largest absolute Gasteiger partial charge is 0.381 e. The molecule has 1 heterocycles. The lowest BCUT2D eigenvalue weighted by atomic mass is 9.95. The Labute approximate surface area is 120 Å². The van der Waals surface area contributed by atoms with Gasteiger partial charge in [0.15, 0.2) is 5.78 Å². The van der Waals surface area contributed by atoms with Gasteiger partial charge in [-0.25, -0.2) is 0 Å². The maximum absolute atomic E-state index is 11.9. The molecule has 5 heteroatoms.